The molecule has 0 atom stereocenters. The zero-order valence-electron chi connectivity index (χ0n) is 17.2. The van der Waals surface area contributed by atoms with Gasteiger partial charge in [-0.05, 0) is 43.5 Å². The molecule has 0 unspecified atom stereocenters. The van der Waals surface area contributed by atoms with Gasteiger partial charge < -0.3 is 15.0 Å². The smallest absolute Gasteiger partial charge is 0.277 e. The number of anilines is 3. The first-order chi connectivity index (χ1) is 14.5. The Morgan fingerprint density at radius 2 is 1.94 bits per heavy atom. The van der Waals surface area contributed by atoms with Crippen LogP contribution < -0.4 is 19.9 Å². The van der Waals surface area contributed by atoms with E-state index in [0.717, 1.165) is 36.9 Å². The highest BCUT2D eigenvalue weighted by molar-refractivity contribution is 7.14. The highest BCUT2D eigenvalue weighted by Gasteiger charge is 2.43. The largest absolute Gasteiger partial charge is 0.472 e. The van der Waals surface area contributed by atoms with Gasteiger partial charge in [0.1, 0.15) is 10.7 Å². The van der Waals surface area contributed by atoms with Crippen LogP contribution in [0.1, 0.15) is 13.8 Å². The molecular weight excluding hydrogens is 436 g/mol. The molecule has 1 N–H and O–H groups in total. The molecule has 5 rings (SSSR count). The van der Waals surface area contributed by atoms with Crippen molar-refractivity contribution in [2.75, 3.05) is 36.0 Å². The maximum absolute atomic E-state index is 13.1. The van der Waals surface area contributed by atoms with Crippen molar-refractivity contribution in [3.63, 3.8) is 0 Å². The second-order valence-corrected chi connectivity index (χ2v) is 8.65. The summed E-state index contributed by atoms with van der Waals surface area (Å²) in [6.07, 6.45) is 3.48. The standard InChI is InChI=1S/C21H22N6O2S.ClH/c1-21(2)20(28)27(17-4-3-11-30-17)19-16(29-21)13-24-18(25-19)15-6-5-14(12-23-15)26-9-7-22-8-10-26;/h3-6,11-13,22H,7-10H2,1-2H3;1H. The molecule has 0 radical (unpaired) electrons. The lowest BCUT2D eigenvalue weighted by atomic mass is 10.1. The Hall–Kier alpha value is -2.75. The van der Waals surface area contributed by atoms with Crippen LogP contribution >= 0.6 is 23.7 Å². The first kappa shape index (κ1) is 21.5. The molecule has 1 saturated heterocycles. The number of hydrogen-bond acceptors (Lipinski definition) is 8. The molecule has 3 aromatic heterocycles. The molecule has 0 aliphatic carbocycles. The lowest BCUT2D eigenvalue weighted by Gasteiger charge is -2.36. The Labute approximate surface area is 190 Å². The topological polar surface area (TPSA) is 83.5 Å². The molecule has 1 amide bonds. The van der Waals surface area contributed by atoms with E-state index in [9.17, 15) is 4.79 Å². The van der Waals surface area contributed by atoms with Crippen LogP contribution in [0.4, 0.5) is 16.5 Å². The minimum atomic E-state index is -0.995. The monoisotopic (exact) mass is 458 g/mol. The van der Waals surface area contributed by atoms with Crippen LogP contribution in [0.15, 0.2) is 42.0 Å². The predicted octanol–water partition coefficient (Wildman–Crippen LogP) is 3.27. The van der Waals surface area contributed by atoms with Gasteiger partial charge in [-0.25, -0.2) is 14.9 Å². The van der Waals surface area contributed by atoms with Crippen LogP contribution in [0, 0.1) is 0 Å². The molecule has 10 heteroatoms. The molecule has 3 aromatic rings. The Bertz CT molecular complexity index is 1070. The summed E-state index contributed by atoms with van der Waals surface area (Å²) in [5.41, 5.74) is 0.740. The summed E-state index contributed by atoms with van der Waals surface area (Å²) in [6, 6.07) is 7.77. The third-order valence-electron chi connectivity index (χ3n) is 5.22. The summed E-state index contributed by atoms with van der Waals surface area (Å²) in [5.74, 6) is 1.22. The number of nitrogens with zero attached hydrogens (tertiary/aromatic N) is 5. The Kier molecular flexibility index (Phi) is 5.83. The van der Waals surface area contributed by atoms with Crippen LogP contribution in [0.2, 0.25) is 0 Å². The summed E-state index contributed by atoms with van der Waals surface area (Å²) >= 11 is 1.48. The summed E-state index contributed by atoms with van der Waals surface area (Å²) in [5, 5.41) is 6.08. The van der Waals surface area contributed by atoms with E-state index in [-0.39, 0.29) is 18.3 Å². The van der Waals surface area contributed by atoms with Crippen molar-refractivity contribution >= 4 is 46.2 Å². The number of nitrogens with one attached hydrogen (secondary N) is 1. The van der Waals surface area contributed by atoms with Crippen LogP contribution in [-0.4, -0.2) is 52.6 Å². The van der Waals surface area contributed by atoms with Gasteiger partial charge in [-0.1, -0.05) is 0 Å². The molecule has 5 heterocycles. The third-order valence-corrected chi connectivity index (χ3v) is 6.07. The number of amides is 1. The van der Waals surface area contributed by atoms with Crippen LogP contribution in [0.5, 0.6) is 5.75 Å². The molecule has 0 saturated carbocycles. The lowest BCUT2D eigenvalue weighted by Crippen LogP contribution is -2.50. The molecule has 1 fully saturated rings. The highest BCUT2D eigenvalue weighted by Crippen LogP contribution is 2.42. The normalized spacial score (nSPS) is 17.5. The second-order valence-electron chi connectivity index (χ2n) is 7.72. The van der Waals surface area contributed by atoms with E-state index in [1.807, 2.05) is 35.8 Å². The highest BCUT2D eigenvalue weighted by atomic mass is 35.5. The first-order valence-electron chi connectivity index (χ1n) is 9.89. The zero-order valence-corrected chi connectivity index (χ0v) is 18.9. The van der Waals surface area contributed by atoms with Crippen molar-refractivity contribution in [1.29, 1.82) is 0 Å². The van der Waals surface area contributed by atoms with Gasteiger partial charge in [0.15, 0.2) is 23.0 Å². The van der Waals surface area contributed by atoms with E-state index in [1.54, 1.807) is 24.9 Å². The fourth-order valence-corrected chi connectivity index (χ4v) is 4.36. The first-order valence-corrected chi connectivity index (χ1v) is 10.8. The van der Waals surface area contributed by atoms with Crippen LogP contribution in [0.25, 0.3) is 11.5 Å². The van der Waals surface area contributed by atoms with Gasteiger partial charge in [-0.15, -0.1) is 23.7 Å². The van der Waals surface area contributed by atoms with Gasteiger partial charge in [0.2, 0.25) is 0 Å². The summed E-state index contributed by atoms with van der Waals surface area (Å²) < 4.78 is 5.90. The molecule has 0 aromatic carbocycles. The SMILES string of the molecule is CC1(C)Oc2cnc(-c3ccc(N4CCNCC4)cn3)nc2N(c2cccs2)C1=O.Cl. The van der Waals surface area contributed by atoms with Crippen molar-refractivity contribution in [1.82, 2.24) is 20.3 Å². The Morgan fingerprint density at radius 1 is 1.13 bits per heavy atom. The van der Waals surface area contributed by atoms with Gasteiger partial charge in [-0.2, -0.15) is 0 Å². The van der Waals surface area contributed by atoms with Gasteiger partial charge >= 0.3 is 0 Å². The number of piperazine rings is 1. The van der Waals surface area contributed by atoms with Crippen LogP contribution in [-0.2, 0) is 4.79 Å². The Morgan fingerprint density at radius 3 is 2.61 bits per heavy atom. The molecule has 8 nitrogen and oxygen atoms in total. The summed E-state index contributed by atoms with van der Waals surface area (Å²) in [4.78, 5) is 30.7. The summed E-state index contributed by atoms with van der Waals surface area (Å²) in [6.45, 7) is 7.37. The number of fused-ring (bicyclic) bond motifs is 1. The molecule has 0 spiro atoms. The zero-order chi connectivity index (χ0) is 20.7. The fraction of sp³-hybridized carbons (Fsp3) is 0.333. The van der Waals surface area contributed by atoms with Gasteiger partial charge in [0.05, 0.1) is 18.1 Å². The van der Waals surface area contributed by atoms with E-state index in [0.29, 0.717) is 23.1 Å². The average Bonchev–Trinajstić information content (AvgIpc) is 3.29. The summed E-state index contributed by atoms with van der Waals surface area (Å²) in [7, 11) is 0. The maximum atomic E-state index is 13.1. The van der Waals surface area contributed by atoms with Crippen molar-refractivity contribution in [2.45, 2.75) is 19.4 Å². The molecule has 0 bridgehead atoms. The number of rotatable bonds is 3. The van der Waals surface area contributed by atoms with Crippen molar-refractivity contribution in [2.24, 2.45) is 0 Å². The quantitative estimate of drug-likeness (QED) is 0.644. The third kappa shape index (κ3) is 3.96. The number of pyridine rings is 1. The second kappa shape index (κ2) is 8.41. The van der Waals surface area contributed by atoms with Gasteiger partial charge in [0, 0.05) is 26.2 Å². The Balaban J connectivity index is 0.00000231. The van der Waals surface area contributed by atoms with E-state index in [4.69, 9.17) is 4.74 Å². The van der Waals surface area contributed by atoms with Crippen molar-refractivity contribution < 1.29 is 9.53 Å². The predicted molar refractivity (Wildman–Crippen MR) is 124 cm³/mol. The van der Waals surface area contributed by atoms with E-state index in [2.05, 4.69) is 25.2 Å². The lowest BCUT2D eigenvalue weighted by molar-refractivity contribution is -0.131. The number of halogens is 1. The minimum Gasteiger partial charge on any atom is -0.472 e. The number of aromatic nitrogens is 3. The van der Waals surface area contributed by atoms with E-state index >= 15 is 0 Å². The maximum Gasteiger partial charge on any atom is 0.277 e. The van der Waals surface area contributed by atoms with Gasteiger partial charge in [-0.3, -0.25) is 9.78 Å². The molecular formula is C21H23ClN6O2S. The van der Waals surface area contributed by atoms with Crippen molar-refractivity contribution in [3.8, 4) is 17.3 Å². The molecule has 31 heavy (non-hydrogen) atoms. The number of hydrogen-bond donors (Lipinski definition) is 1. The number of carbonyl (C=O) groups is 1. The number of ether oxygens (including phenoxy) is 1. The van der Waals surface area contributed by atoms with Gasteiger partial charge in [0.25, 0.3) is 5.91 Å². The average molecular weight is 459 g/mol. The van der Waals surface area contributed by atoms with E-state index in [1.165, 1.54) is 11.3 Å². The minimum absolute atomic E-state index is 0. The van der Waals surface area contributed by atoms with Crippen LogP contribution in [0.3, 0.4) is 0 Å². The molecule has 2 aliphatic rings. The van der Waals surface area contributed by atoms with E-state index < -0.39 is 5.60 Å². The molecule has 162 valence electrons. The fourth-order valence-electron chi connectivity index (χ4n) is 3.63. The van der Waals surface area contributed by atoms with Crippen molar-refractivity contribution in [3.05, 3.63) is 42.0 Å². The molecule has 2 aliphatic heterocycles. The number of thiophene rings is 1. The number of carbonyl (C=O) groups excluding carboxylic acids is 1.